The minimum atomic E-state index is 0. The second-order valence-electron chi connectivity index (χ2n) is 9.21. The molecule has 2 saturated carbocycles. The van der Waals surface area contributed by atoms with Gasteiger partial charge in [-0.15, -0.1) is 12.4 Å². The molecule has 1 N–H and O–H groups in total. The molecule has 4 aliphatic rings. The minimum Gasteiger partial charge on any atom is -0.384 e. The molecule has 28 heavy (non-hydrogen) atoms. The summed E-state index contributed by atoms with van der Waals surface area (Å²) in [5.41, 5.74) is 4.40. The van der Waals surface area contributed by atoms with E-state index in [0.717, 1.165) is 56.7 Å². The molecule has 2 aliphatic heterocycles. The fourth-order valence-electron chi connectivity index (χ4n) is 5.77. The van der Waals surface area contributed by atoms with E-state index in [2.05, 4.69) is 33.6 Å². The Morgan fingerprint density at radius 3 is 3.07 bits per heavy atom. The Morgan fingerprint density at radius 2 is 2.18 bits per heavy atom. The predicted octanol–water partition coefficient (Wildman–Crippen LogP) is 3.97. The highest BCUT2D eigenvalue weighted by atomic mass is 35.5. The lowest BCUT2D eigenvalue weighted by Gasteiger charge is -2.24. The first-order valence-corrected chi connectivity index (χ1v) is 10.7. The molecule has 1 saturated heterocycles. The summed E-state index contributed by atoms with van der Waals surface area (Å²) in [6, 6.07) is 6.77. The van der Waals surface area contributed by atoms with Crippen molar-refractivity contribution in [1.82, 2.24) is 15.0 Å². The second-order valence-corrected chi connectivity index (χ2v) is 9.21. The molecule has 0 spiro atoms. The Hall–Kier alpha value is -1.59. The zero-order valence-electron chi connectivity index (χ0n) is 16.3. The van der Waals surface area contributed by atoms with Gasteiger partial charge in [-0.3, -0.25) is 4.90 Å². The molecule has 2 aromatic rings. The number of halogens is 1. The van der Waals surface area contributed by atoms with Crippen LogP contribution in [0.2, 0.25) is 0 Å². The fraction of sp³-hybridized carbons (Fsp3) is 0.636. The van der Waals surface area contributed by atoms with E-state index in [0.29, 0.717) is 5.92 Å². The predicted molar refractivity (Wildman–Crippen MR) is 111 cm³/mol. The summed E-state index contributed by atoms with van der Waals surface area (Å²) in [7, 11) is 0. The first-order valence-electron chi connectivity index (χ1n) is 10.7. The number of nitrogens with one attached hydrogen (secondary N) is 1. The molecular weight excluding hydrogens is 372 g/mol. The van der Waals surface area contributed by atoms with Gasteiger partial charge in [0.1, 0.15) is 0 Å². The van der Waals surface area contributed by atoms with Gasteiger partial charge in [-0.2, -0.15) is 4.98 Å². The maximum absolute atomic E-state index is 5.85. The van der Waals surface area contributed by atoms with E-state index >= 15 is 0 Å². The van der Waals surface area contributed by atoms with Crippen molar-refractivity contribution >= 4 is 18.1 Å². The third-order valence-electron chi connectivity index (χ3n) is 7.33. The molecule has 0 radical (unpaired) electrons. The molecule has 150 valence electrons. The smallest absolute Gasteiger partial charge is 0.234 e. The van der Waals surface area contributed by atoms with Crippen LogP contribution in [0.25, 0.3) is 0 Å². The van der Waals surface area contributed by atoms with Crippen LogP contribution in [0, 0.1) is 11.8 Å². The number of nitrogens with zero attached hydrogens (tertiary/aromatic N) is 3. The van der Waals surface area contributed by atoms with Crippen molar-refractivity contribution < 1.29 is 4.52 Å². The van der Waals surface area contributed by atoms with Crippen molar-refractivity contribution in [3.8, 4) is 0 Å². The summed E-state index contributed by atoms with van der Waals surface area (Å²) in [5.74, 6) is 3.34. The van der Waals surface area contributed by atoms with Crippen LogP contribution in [-0.4, -0.2) is 34.7 Å². The van der Waals surface area contributed by atoms with Crippen LogP contribution >= 0.6 is 12.4 Å². The van der Waals surface area contributed by atoms with Gasteiger partial charge >= 0.3 is 0 Å². The SMILES string of the molecule is Cl.c1cc2c(c(CN3C[C@H]4CCC[C@@]4(c4nc(CC5CC5)no4)C3)c1)NCC2. The maximum atomic E-state index is 5.85. The molecule has 1 aromatic carbocycles. The summed E-state index contributed by atoms with van der Waals surface area (Å²) in [6.07, 6.45) is 8.62. The van der Waals surface area contributed by atoms with Gasteiger partial charge in [-0.25, -0.2) is 0 Å². The molecule has 2 aliphatic carbocycles. The van der Waals surface area contributed by atoms with Crippen molar-refractivity contribution in [3.05, 3.63) is 41.0 Å². The highest BCUT2D eigenvalue weighted by Crippen LogP contribution is 2.50. The normalized spacial score (nSPS) is 28.6. The Labute approximate surface area is 172 Å². The van der Waals surface area contributed by atoms with Gasteiger partial charge in [0.15, 0.2) is 5.82 Å². The van der Waals surface area contributed by atoms with Crippen LogP contribution in [0.5, 0.6) is 0 Å². The number of fused-ring (bicyclic) bond motifs is 2. The molecule has 6 rings (SSSR count). The average molecular weight is 401 g/mol. The van der Waals surface area contributed by atoms with Gasteiger partial charge in [0.05, 0.1) is 5.41 Å². The molecule has 3 heterocycles. The number of para-hydroxylation sites is 1. The molecule has 5 nitrogen and oxygen atoms in total. The highest BCUT2D eigenvalue weighted by molar-refractivity contribution is 5.85. The number of likely N-dealkylation sites (tertiary alicyclic amines) is 1. The molecular formula is C22H29ClN4O. The number of anilines is 1. The van der Waals surface area contributed by atoms with Crippen molar-refractivity contribution in [2.75, 3.05) is 25.0 Å². The van der Waals surface area contributed by atoms with E-state index in [9.17, 15) is 0 Å². The first-order chi connectivity index (χ1) is 13.3. The lowest BCUT2D eigenvalue weighted by molar-refractivity contribution is 0.244. The average Bonchev–Trinajstić information content (AvgIpc) is 3.07. The van der Waals surface area contributed by atoms with Crippen LogP contribution < -0.4 is 5.32 Å². The van der Waals surface area contributed by atoms with Crippen LogP contribution in [0.4, 0.5) is 5.69 Å². The lowest BCUT2D eigenvalue weighted by atomic mass is 9.80. The van der Waals surface area contributed by atoms with Gasteiger partial charge in [0.2, 0.25) is 5.89 Å². The van der Waals surface area contributed by atoms with E-state index in [1.165, 1.54) is 48.9 Å². The third-order valence-corrected chi connectivity index (χ3v) is 7.33. The standard InChI is InChI=1S/C22H28N4O.ClH/c1-3-16-8-10-23-20(16)17(4-1)12-26-13-18-5-2-9-22(18,14-26)21-24-19(25-27-21)11-15-6-7-15;/h1,3-4,15,18,23H,2,5-14H2;1H/t18-,22-;/m1./s1. The second kappa shape index (κ2) is 7.03. The van der Waals surface area contributed by atoms with Crippen molar-refractivity contribution in [2.45, 2.75) is 56.9 Å². The molecule has 1 aromatic heterocycles. The maximum Gasteiger partial charge on any atom is 0.234 e. The van der Waals surface area contributed by atoms with E-state index in [1.807, 2.05) is 0 Å². The Bertz CT molecular complexity index is 864. The van der Waals surface area contributed by atoms with Crippen molar-refractivity contribution in [1.29, 1.82) is 0 Å². The quantitative estimate of drug-likeness (QED) is 0.823. The van der Waals surface area contributed by atoms with Crippen LogP contribution in [-0.2, 0) is 24.8 Å². The van der Waals surface area contributed by atoms with Gasteiger partial charge in [-0.05, 0) is 55.1 Å². The number of hydrogen-bond acceptors (Lipinski definition) is 5. The van der Waals surface area contributed by atoms with E-state index < -0.39 is 0 Å². The Morgan fingerprint density at radius 1 is 1.25 bits per heavy atom. The topological polar surface area (TPSA) is 54.2 Å². The van der Waals surface area contributed by atoms with Crippen molar-refractivity contribution in [3.63, 3.8) is 0 Å². The van der Waals surface area contributed by atoms with E-state index in [1.54, 1.807) is 0 Å². The van der Waals surface area contributed by atoms with Crippen LogP contribution in [0.3, 0.4) is 0 Å². The summed E-state index contributed by atoms with van der Waals surface area (Å²) in [5, 5.41) is 7.93. The van der Waals surface area contributed by atoms with E-state index in [4.69, 9.17) is 9.51 Å². The number of rotatable bonds is 5. The minimum absolute atomic E-state index is 0. The highest BCUT2D eigenvalue weighted by Gasteiger charge is 2.54. The number of aromatic nitrogens is 2. The largest absolute Gasteiger partial charge is 0.384 e. The molecule has 3 fully saturated rings. The fourth-order valence-corrected chi connectivity index (χ4v) is 5.77. The third kappa shape index (κ3) is 3.03. The molecule has 0 amide bonds. The summed E-state index contributed by atoms with van der Waals surface area (Å²) < 4.78 is 5.85. The van der Waals surface area contributed by atoms with Gasteiger partial charge < -0.3 is 9.84 Å². The summed E-state index contributed by atoms with van der Waals surface area (Å²) >= 11 is 0. The molecule has 0 bridgehead atoms. The summed E-state index contributed by atoms with van der Waals surface area (Å²) in [4.78, 5) is 7.52. The molecule has 0 unspecified atom stereocenters. The molecule has 2 atom stereocenters. The zero-order valence-corrected chi connectivity index (χ0v) is 17.1. The Balaban J connectivity index is 0.00000171. The lowest BCUT2D eigenvalue weighted by Crippen LogP contribution is -2.32. The number of hydrogen-bond donors (Lipinski definition) is 1. The Kier molecular flexibility index (Phi) is 4.63. The van der Waals surface area contributed by atoms with Crippen LogP contribution in [0.15, 0.2) is 22.7 Å². The van der Waals surface area contributed by atoms with Gasteiger partial charge in [0, 0.05) is 38.3 Å². The van der Waals surface area contributed by atoms with Gasteiger partial charge in [0.25, 0.3) is 0 Å². The number of benzene rings is 1. The zero-order chi connectivity index (χ0) is 17.8. The monoisotopic (exact) mass is 400 g/mol. The first kappa shape index (κ1) is 18.4. The molecule has 6 heteroatoms. The van der Waals surface area contributed by atoms with E-state index in [-0.39, 0.29) is 17.8 Å². The summed E-state index contributed by atoms with van der Waals surface area (Å²) in [6.45, 7) is 4.32. The van der Waals surface area contributed by atoms with Crippen LogP contribution in [0.1, 0.15) is 54.9 Å². The van der Waals surface area contributed by atoms with Gasteiger partial charge in [-0.1, -0.05) is 29.8 Å². The van der Waals surface area contributed by atoms with Crippen molar-refractivity contribution in [2.24, 2.45) is 11.8 Å².